The van der Waals surface area contributed by atoms with Crippen LogP contribution in [-0.2, 0) is 26.1 Å². The molecule has 0 bridgehead atoms. The molecule has 3 rings (SSSR count). The molecule has 1 aliphatic rings. The summed E-state index contributed by atoms with van der Waals surface area (Å²) in [6, 6.07) is 12.8. The maximum Gasteiger partial charge on any atom is 0.325 e. The molecular formula is C23H27ClN2O5S. The minimum absolute atomic E-state index is 0.160. The Kier molecular flexibility index (Phi) is 8.28. The zero-order valence-corrected chi connectivity index (χ0v) is 19.6. The van der Waals surface area contributed by atoms with Crippen molar-refractivity contribution in [1.82, 2.24) is 9.21 Å². The molecule has 0 atom stereocenters. The van der Waals surface area contributed by atoms with Crippen molar-refractivity contribution in [2.75, 3.05) is 26.7 Å². The first kappa shape index (κ1) is 24.2. The number of esters is 1. The Morgan fingerprint density at radius 1 is 0.969 bits per heavy atom. The summed E-state index contributed by atoms with van der Waals surface area (Å²) < 4.78 is 32.2. The second-order valence-electron chi connectivity index (χ2n) is 7.71. The number of hydrogen-bond donors (Lipinski definition) is 0. The van der Waals surface area contributed by atoms with Crippen LogP contribution in [0.25, 0.3) is 0 Å². The summed E-state index contributed by atoms with van der Waals surface area (Å²) in [6.45, 7) is 0.971. The normalized spacial score (nSPS) is 15.1. The lowest BCUT2D eigenvalue weighted by molar-refractivity contribution is -0.141. The van der Waals surface area contributed by atoms with Gasteiger partial charge in [-0.05, 0) is 54.8 Å². The molecule has 0 aromatic heterocycles. The average molecular weight is 479 g/mol. The first-order chi connectivity index (χ1) is 15.3. The highest BCUT2D eigenvalue weighted by molar-refractivity contribution is 7.89. The summed E-state index contributed by atoms with van der Waals surface area (Å²) in [6.07, 6.45) is 3.76. The summed E-state index contributed by atoms with van der Waals surface area (Å²) in [5, 5.41) is 0.570. The Hall–Kier alpha value is -2.42. The molecular weight excluding hydrogens is 452 g/mol. The van der Waals surface area contributed by atoms with Gasteiger partial charge in [0.1, 0.15) is 6.54 Å². The number of nitrogens with zero attached hydrogens (tertiary/aromatic N) is 2. The van der Waals surface area contributed by atoms with E-state index in [0.717, 1.165) is 31.2 Å². The fraction of sp³-hybridized carbons (Fsp3) is 0.391. The van der Waals surface area contributed by atoms with Crippen molar-refractivity contribution in [3.63, 3.8) is 0 Å². The Bertz CT molecular complexity index is 1030. The van der Waals surface area contributed by atoms with Gasteiger partial charge in [0.25, 0.3) is 5.91 Å². The van der Waals surface area contributed by atoms with Crippen molar-refractivity contribution in [3.05, 3.63) is 64.7 Å². The van der Waals surface area contributed by atoms with Gasteiger partial charge in [-0.3, -0.25) is 9.59 Å². The number of benzene rings is 2. The number of hydrogen-bond acceptors (Lipinski definition) is 5. The van der Waals surface area contributed by atoms with Gasteiger partial charge in [-0.2, -0.15) is 4.31 Å². The van der Waals surface area contributed by atoms with Crippen LogP contribution in [0.2, 0.25) is 5.02 Å². The van der Waals surface area contributed by atoms with Gasteiger partial charge in [0.2, 0.25) is 10.0 Å². The predicted octanol–water partition coefficient (Wildman–Crippen LogP) is 3.72. The number of rotatable bonds is 7. The number of methoxy groups -OCH3 is 1. The smallest absolute Gasteiger partial charge is 0.325 e. The van der Waals surface area contributed by atoms with Crippen molar-refractivity contribution >= 4 is 33.5 Å². The molecule has 7 nitrogen and oxygen atoms in total. The SMILES string of the molecule is COC(=O)CN(Cc1ccc(Cl)cc1)C(=O)c1ccc(S(=O)(=O)N2CCCCCC2)cc1. The van der Waals surface area contributed by atoms with E-state index in [1.54, 1.807) is 24.3 Å². The number of carbonyl (C=O) groups excluding carboxylic acids is 2. The lowest BCUT2D eigenvalue weighted by Crippen LogP contribution is -2.36. The summed E-state index contributed by atoms with van der Waals surface area (Å²) in [5.74, 6) is -0.947. The minimum Gasteiger partial charge on any atom is -0.468 e. The molecule has 32 heavy (non-hydrogen) atoms. The molecule has 0 N–H and O–H groups in total. The van der Waals surface area contributed by atoms with Crippen LogP contribution in [0.15, 0.2) is 53.4 Å². The van der Waals surface area contributed by atoms with Crippen LogP contribution in [0.4, 0.5) is 0 Å². The van der Waals surface area contributed by atoms with Crippen molar-refractivity contribution in [2.45, 2.75) is 37.1 Å². The van der Waals surface area contributed by atoms with Crippen LogP contribution < -0.4 is 0 Å². The first-order valence-electron chi connectivity index (χ1n) is 10.5. The van der Waals surface area contributed by atoms with Crippen molar-refractivity contribution in [2.24, 2.45) is 0 Å². The highest BCUT2D eigenvalue weighted by Crippen LogP contribution is 2.21. The summed E-state index contributed by atoms with van der Waals surface area (Å²) in [4.78, 5) is 26.5. The molecule has 9 heteroatoms. The second kappa shape index (κ2) is 10.9. The Labute approximate surface area is 194 Å². The van der Waals surface area contributed by atoms with Gasteiger partial charge in [0.15, 0.2) is 0 Å². The largest absolute Gasteiger partial charge is 0.468 e. The van der Waals surface area contributed by atoms with Gasteiger partial charge >= 0.3 is 5.97 Å². The van der Waals surface area contributed by atoms with E-state index in [-0.39, 0.29) is 23.5 Å². The highest BCUT2D eigenvalue weighted by Gasteiger charge is 2.26. The Balaban J connectivity index is 1.79. The summed E-state index contributed by atoms with van der Waals surface area (Å²) in [5.41, 5.74) is 1.09. The van der Waals surface area contributed by atoms with Gasteiger partial charge in [-0.1, -0.05) is 36.6 Å². The van der Waals surface area contributed by atoms with Crippen molar-refractivity contribution in [3.8, 4) is 0 Å². The molecule has 2 aromatic carbocycles. The molecule has 1 aliphatic heterocycles. The van der Waals surface area contributed by atoms with E-state index in [1.807, 2.05) is 0 Å². The maximum absolute atomic E-state index is 13.1. The van der Waals surface area contributed by atoms with E-state index < -0.39 is 21.9 Å². The lowest BCUT2D eigenvalue weighted by Gasteiger charge is -2.22. The van der Waals surface area contributed by atoms with Crippen LogP contribution in [0, 0.1) is 0 Å². The van der Waals surface area contributed by atoms with E-state index >= 15 is 0 Å². The molecule has 172 valence electrons. The fourth-order valence-corrected chi connectivity index (χ4v) is 5.26. The Morgan fingerprint density at radius 3 is 2.12 bits per heavy atom. The van der Waals surface area contributed by atoms with Gasteiger partial charge < -0.3 is 9.64 Å². The lowest BCUT2D eigenvalue weighted by atomic mass is 10.1. The summed E-state index contributed by atoms with van der Waals surface area (Å²) >= 11 is 5.92. The number of carbonyl (C=O) groups is 2. The van der Waals surface area contributed by atoms with E-state index in [2.05, 4.69) is 0 Å². The van der Waals surface area contributed by atoms with E-state index in [1.165, 1.54) is 40.6 Å². The maximum atomic E-state index is 13.1. The minimum atomic E-state index is -3.60. The van der Waals surface area contributed by atoms with Crippen molar-refractivity contribution < 1.29 is 22.7 Å². The van der Waals surface area contributed by atoms with Gasteiger partial charge in [0, 0.05) is 30.2 Å². The van der Waals surface area contributed by atoms with Crippen LogP contribution in [0.5, 0.6) is 0 Å². The third kappa shape index (κ3) is 6.09. The first-order valence-corrected chi connectivity index (χ1v) is 12.3. The number of ether oxygens (including phenoxy) is 1. The zero-order chi connectivity index (χ0) is 23.1. The van der Waals surface area contributed by atoms with E-state index in [9.17, 15) is 18.0 Å². The van der Waals surface area contributed by atoms with E-state index in [4.69, 9.17) is 16.3 Å². The molecule has 1 fully saturated rings. The van der Waals surface area contributed by atoms with Gasteiger partial charge in [0.05, 0.1) is 12.0 Å². The number of halogens is 1. The highest BCUT2D eigenvalue weighted by atomic mass is 35.5. The van der Waals surface area contributed by atoms with Gasteiger partial charge in [-0.25, -0.2) is 8.42 Å². The van der Waals surface area contributed by atoms with Crippen LogP contribution in [0.1, 0.15) is 41.6 Å². The zero-order valence-electron chi connectivity index (χ0n) is 18.0. The van der Waals surface area contributed by atoms with E-state index in [0.29, 0.717) is 18.1 Å². The quantitative estimate of drug-likeness (QED) is 0.566. The van der Waals surface area contributed by atoms with Crippen LogP contribution >= 0.6 is 11.6 Å². The van der Waals surface area contributed by atoms with Crippen LogP contribution in [-0.4, -0.2) is 56.2 Å². The number of sulfonamides is 1. The molecule has 0 unspecified atom stereocenters. The molecule has 2 aromatic rings. The third-order valence-corrected chi connectivity index (χ3v) is 7.59. The molecule has 1 amide bonds. The topological polar surface area (TPSA) is 84.0 Å². The predicted molar refractivity (Wildman–Crippen MR) is 122 cm³/mol. The molecule has 1 saturated heterocycles. The third-order valence-electron chi connectivity index (χ3n) is 5.43. The second-order valence-corrected chi connectivity index (χ2v) is 10.1. The molecule has 0 aliphatic carbocycles. The number of amides is 1. The molecule has 0 spiro atoms. The molecule has 0 saturated carbocycles. The van der Waals surface area contributed by atoms with Crippen molar-refractivity contribution in [1.29, 1.82) is 0 Å². The van der Waals surface area contributed by atoms with Gasteiger partial charge in [-0.15, -0.1) is 0 Å². The Morgan fingerprint density at radius 2 is 1.56 bits per heavy atom. The summed E-state index contributed by atoms with van der Waals surface area (Å²) in [7, 11) is -2.34. The molecule has 1 heterocycles. The van der Waals surface area contributed by atoms with Crippen LogP contribution in [0.3, 0.4) is 0 Å². The monoisotopic (exact) mass is 478 g/mol. The average Bonchev–Trinajstić information content (AvgIpc) is 3.10. The standard InChI is InChI=1S/C23H27ClN2O5S/c1-31-22(27)17-25(16-18-6-10-20(24)11-7-18)23(28)19-8-12-21(13-9-19)32(29,30)26-14-4-2-3-5-15-26/h6-13H,2-5,14-17H2,1H3. The molecule has 0 radical (unpaired) electrons. The fourth-order valence-electron chi connectivity index (χ4n) is 3.61.